The third-order valence-electron chi connectivity index (χ3n) is 6.37. The number of carbonyl (C=O) groups excluding carboxylic acids is 1. The normalized spacial score (nSPS) is 17.1. The third-order valence-corrected chi connectivity index (χ3v) is 9.02. The molecule has 2 aliphatic rings. The number of rotatable bonds is 9. The highest BCUT2D eigenvalue weighted by Gasteiger charge is 2.26. The van der Waals surface area contributed by atoms with E-state index in [2.05, 4.69) is 22.2 Å². The SMILES string of the molecule is CCSc1nc(N2CCOCC2)c2cnn(CCNC(=O)c3ccc(S(=O)(=O)N4CCOCC4)cc3)c2n1. The van der Waals surface area contributed by atoms with Crippen molar-refractivity contribution < 1.29 is 22.7 Å². The van der Waals surface area contributed by atoms with Crippen molar-refractivity contribution >= 4 is 44.5 Å². The number of benzene rings is 1. The van der Waals surface area contributed by atoms with E-state index in [1.165, 1.54) is 28.6 Å². The summed E-state index contributed by atoms with van der Waals surface area (Å²) in [5.74, 6) is 1.42. The summed E-state index contributed by atoms with van der Waals surface area (Å²) in [6, 6.07) is 6.00. The molecule has 0 atom stereocenters. The number of thioether (sulfide) groups is 1. The largest absolute Gasteiger partial charge is 0.379 e. The number of hydrogen-bond donors (Lipinski definition) is 1. The summed E-state index contributed by atoms with van der Waals surface area (Å²) in [6.07, 6.45) is 1.77. The van der Waals surface area contributed by atoms with Crippen molar-refractivity contribution in [2.75, 3.05) is 69.8 Å². The summed E-state index contributed by atoms with van der Waals surface area (Å²) >= 11 is 1.58. The van der Waals surface area contributed by atoms with E-state index in [4.69, 9.17) is 19.4 Å². The fourth-order valence-corrected chi connectivity index (χ4v) is 6.35. The number of carbonyl (C=O) groups is 1. The highest BCUT2D eigenvalue weighted by atomic mass is 32.2. The van der Waals surface area contributed by atoms with Crippen LogP contribution in [0.4, 0.5) is 5.82 Å². The monoisotopic (exact) mass is 561 g/mol. The molecule has 3 aromatic rings. The number of aromatic nitrogens is 4. The van der Waals surface area contributed by atoms with Crippen molar-refractivity contribution in [1.82, 2.24) is 29.4 Å². The third kappa shape index (κ3) is 5.78. The Balaban J connectivity index is 1.25. The van der Waals surface area contributed by atoms with E-state index >= 15 is 0 Å². The lowest BCUT2D eigenvalue weighted by Gasteiger charge is -2.28. The second-order valence-corrected chi connectivity index (χ2v) is 11.9. The topological polar surface area (TPSA) is 132 Å². The highest BCUT2D eigenvalue weighted by Crippen LogP contribution is 2.27. The molecule has 5 rings (SSSR count). The van der Waals surface area contributed by atoms with Crippen molar-refractivity contribution in [3.05, 3.63) is 36.0 Å². The van der Waals surface area contributed by atoms with Gasteiger partial charge in [0, 0.05) is 38.3 Å². The molecule has 204 valence electrons. The van der Waals surface area contributed by atoms with Gasteiger partial charge in [-0.1, -0.05) is 18.7 Å². The molecular weight excluding hydrogens is 530 g/mol. The fourth-order valence-electron chi connectivity index (χ4n) is 4.39. The molecule has 2 saturated heterocycles. The predicted octanol–water partition coefficient (Wildman–Crippen LogP) is 1.23. The Bertz CT molecular complexity index is 1370. The maximum atomic E-state index is 12.8. The number of sulfonamides is 1. The Hall–Kier alpha value is -2.78. The van der Waals surface area contributed by atoms with Gasteiger partial charge >= 0.3 is 0 Å². The van der Waals surface area contributed by atoms with Gasteiger partial charge in [-0.25, -0.2) is 23.1 Å². The first-order valence-corrected chi connectivity index (χ1v) is 15.0. The van der Waals surface area contributed by atoms with E-state index in [1.54, 1.807) is 22.6 Å². The number of anilines is 1. The van der Waals surface area contributed by atoms with Crippen molar-refractivity contribution in [3.8, 4) is 0 Å². The van der Waals surface area contributed by atoms with E-state index in [-0.39, 0.29) is 10.8 Å². The summed E-state index contributed by atoms with van der Waals surface area (Å²) in [5.41, 5.74) is 1.11. The quantitative estimate of drug-likeness (QED) is 0.300. The van der Waals surface area contributed by atoms with E-state index in [1.807, 2.05) is 0 Å². The molecule has 2 aliphatic heterocycles. The van der Waals surface area contributed by atoms with Crippen LogP contribution >= 0.6 is 11.8 Å². The summed E-state index contributed by atoms with van der Waals surface area (Å²) in [5, 5.41) is 8.97. The van der Waals surface area contributed by atoms with Gasteiger partial charge in [-0.05, 0) is 30.0 Å². The van der Waals surface area contributed by atoms with Crippen LogP contribution in [0.3, 0.4) is 0 Å². The number of hydrogen-bond acceptors (Lipinski definition) is 10. The van der Waals surface area contributed by atoms with Gasteiger partial charge in [0.05, 0.1) is 49.5 Å². The van der Waals surface area contributed by atoms with Crippen LogP contribution in [-0.2, 0) is 26.0 Å². The van der Waals surface area contributed by atoms with Crippen LogP contribution in [0.15, 0.2) is 40.5 Å². The Morgan fingerprint density at radius 2 is 1.71 bits per heavy atom. The lowest BCUT2D eigenvalue weighted by atomic mass is 10.2. The van der Waals surface area contributed by atoms with Gasteiger partial charge in [0.15, 0.2) is 10.8 Å². The molecule has 12 nitrogen and oxygen atoms in total. The number of fused-ring (bicyclic) bond motifs is 1. The van der Waals surface area contributed by atoms with Crippen molar-refractivity contribution in [2.24, 2.45) is 0 Å². The van der Waals surface area contributed by atoms with E-state index in [0.29, 0.717) is 63.3 Å². The molecular formula is C24H31N7O5S2. The van der Waals surface area contributed by atoms with Crippen LogP contribution in [0.2, 0.25) is 0 Å². The minimum absolute atomic E-state index is 0.162. The van der Waals surface area contributed by atoms with Crippen LogP contribution in [0.1, 0.15) is 17.3 Å². The minimum atomic E-state index is -3.61. The number of nitrogens with zero attached hydrogens (tertiary/aromatic N) is 6. The maximum absolute atomic E-state index is 12.8. The lowest BCUT2D eigenvalue weighted by molar-refractivity contribution is 0.0730. The first-order chi connectivity index (χ1) is 18.5. The molecule has 0 saturated carbocycles. The second-order valence-electron chi connectivity index (χ2n) is 8.76. The van der Waals surface area contributed by atoms with Gasteiger partial charge in [-0.2, -0.15) is 9.40 Å². The Labute approximate surface area is 225 Å². The number of morpholine rings is 2. The van der Waals surface area contributed by atoms with Crippen molar-refractivity contribution in [3.63, 3.8) is 0 Å². The number of ether oxygens (including phenoxy) is 2. The van der Waals surface area contributed by atoms with Crippen LogP contribution in [0.25, 0.3) is 11.0 Å². The molecule has 1 aromatic carbocycles. The van der Waals surface area contributed by atoms with Gasteiger partial charge < -0.3 is 19.7 Å². The average Bonchev–Trinajstić information content (AvgIpc) is 3.36. The lowest BCUT2D eigenvalue weighted by Crippen LogP contribution is -2.40. The summed E-state index contributed by atoms with van der Waals surface area (Å²) < 4.78 is 39.5. The van der Waals surface area contributed by atoms with Gasteiger partial charge in [0.1, 0.15) is 5.82 Å². The van der Waals surface area contributed by atoms with Crippen LogP contribution in [0.5, 0.6) is 0 Å². The maximum Gasteiger partial charge on any atom is 0.251 e. The fraction of sp³-hybridized carbons (Fsp3) is 0.500. The van der Waals surface area contributed by atoms with Crippen molar-refractivity contribution in [1.29, 1.82) is 0 Å². The smallest absolute Gasteiger partial charge is 0.251 e. The van der Waals surface area contributed by atoms with Crippen LogP contribution in [-0.4, -0.2) is 103 Å². The number of amides is 1. The Morgan fingerprint density at radius 3 is 2.39 bits per heavy atom. The van der Waals surface area contributed by atoms with Gasteiger partial charge in [0.2, 0.25) is 10.0 Å². The first kappa shape index (κ1) is 26.8. The molecule has 4 heterocycles. The molecule has 2 fully saturated rings. The van der Waals surface area contributed by atoms with Gasteiger partial charge in [-0.3, -0.25) is 4.79 Å². The molecule has 1 N–H and O–H groups in total. The summed E-state index contributed by atoms with van der Waals surface area (Å²) in [6.45, 7) is 7.05. The van der Waals surface area contributed by atoms with Gasteiger partial charge in [0.25, 0.3) is 5.91 Å². The van der Waals surface area contributed by atoms with Crippen LogP contribution in [0, 0.1) is 0 Å². The second kappa shape index (κ2) is 11.9. The first-order valence-electron chi connectivity index (χ1n) is 12.6. The Morgan fingerprint density at radius 1 is 1.03 bits per heavy atom. The molecule has 1 amide bonds. The minimum Gasteiger partial charge on any atom is -0.379 e. The van der Waals surface area contributed by atoms with E-state index in [9.17, 15) is 13.2 Å². The van der Waals surface area contributed by atoms with Gasteiger partial charge in [-0.15, -0.1) is 0 Å². The molecule has 2 aromatic heterocycles. The zero-order valence-electron chi connectivity index (χ0n) is 21.2. The zero-order chi connectivity index (χ0) is 26.5. The predicted molar refractivity (Wildman–Crippen MR) is 143 cm³/mol. The zero-order valence-corrected chi connectivity index (χ0v) is 22.8. The molecule has 0 bridgehead atoms. The Kier molecular flexibility index (Phi) is 8.43. The molecule has 0 radical (unpaired) electrons. The summed E-state index contributed by atoms with van der Waals surface area (Å²) in [4.78, 5) is 24.6. The highest BCUT2D eigenvalue weighted by molar-refractivity contribution is 7.99. The molecule has 38 heavy (non-hydrogen) atoms. The molecule has 0 unspecified atom stereocenters. The van der Waals surface area contributed by atoms with Crippen LogP contribution < -0.4 is 10.2 Å². The van der Waals surface area contributed by atoms with E-state index < -0.39 is 10.0 Å². The average molecular weight is 562 g/mol. The summed E-state index contributed by atoms with van der Waals surface area (Å²) in [7, 11) is -3.61. The van der Waals surface area contributed by atoms with E-state index in [0.717, 1.165) is 35.7 Å². The standard InChI is InChI=1S/C24H31N7O5S2/c1-2-37-24-27-21(29-9-13-35-14-10-29)20-17-26-31(22(20)28-24)8-7-25-23(32)18-3-5-19(6-4-18)38(33,34)30-11-15-36-16-12-30/h3-6,17H,2,7-16H2,1H3,(H,25,32). The molecule has 14 heteroatoms. The van der Waals surface area contributed by atoms with Crippen molar-refractivity contribution in [2.45, 2.75) is 23.5 Å². The molecule has 0 aliphatic carbocycles. The molecule has 0 spiro atoms. The number of nitrogens with one attached hydrogen (secondary N) is 1.